The number of halogens is 2. The molecule has 0 bridgehead atoms. The summed E-state index contributed by atoms with van der Waals surface area (Å²) in [5, 5.41) is 1.56. The molecule has 0 amide bonds. The third kappa shape index (κ3) is 2.69. The van der Waals surface area contributed by atoms with Crippen molar-refractivity contribution < 1.29 is 0 Å². The lowest BCUT2D eigenvalue weighted by atomic mass is 10.2. The topological polar surface area (TPSA) is 36.8 Å². The van der Waals surface area contributed by atoms with E-state index in [9.17, 15) is 0 Å². The first-order valence-electron chi connectivity index (χ1n) is 3.19. The second kappa shape index (κ2) is 5.16. The molecule has 0 saturated heterocycles. The summed E-state index contributed by atoms with van der Waals surface area (Å²) in [5.74, 6) is 0. The molecule has 0 aromatic carbocycles. The van der Waals surface area contributed by atoms with Gasteiger partial charge in [-0.2, -0.15) is 0 Å². The molecule has 66 valence electrons. The molecule has 1 N–H and O–H groups in total. The first-order chi connectivity index (χ1) is 5.75. The normalized spacial score (nSPS) is 25.1. The van der Waals surface area contributed by atoms with Crippen LogP contribution in [-0.4, -0.2) is 16.9 Å². The van der Waals surface area contributed by atoms with Crippen molar-refractivity contribution >= 4 is 54.8 Å². The van der Waals surface area contributed by atoms with Crippen LogP contribution in [0.2, 0.25) is 0 Å². The van der Waals surface area contributed by atoms with Crippen LogP contribution < -0.4 is 4.72 Å². The van der Waals surface area contributed by atoms with Gasteiger partial charge in [-0.15, -0.1) is 0 Å². The molecule has 0 aromatic rings. The molecular weight excluding hydrogens is 306 g/mol. The largest absolute Gasteiger partial charge is 0.256 e. The van der Waals surface area contributed by atoms with Crippen LogP contribution >= 0.6 is 44.0 Å². The highest BCUT2D eigenvalue weighted by molar-refractivity contribution is 9.17. The van der Waals surface area contributed by atoms with Crippen LogP contribution in [0.4, 0.5) is 0 Å². The average Bonchev–Trinajstić information content (AvgIpc) is 2.47. The maximum absolute atomic E-state index is 4.13. The number of nitrogens with one attached hydrogen (secondary N) is 1. The zero-order valence-corrected chi connectivity index (χ0v) is 10.3. The maximum atomic E-state index is 4.13. The van der Waals surface area contributed by atoms with Crippen molar-refractivity contribution in [3.63, 3.8) is 0 Å². The molecule has 0 fully saturated rings. The van der Waals surface area contributed by atoms with Crippen molar-refractivity contribution in [3.05, 3.63) is 10.7 Å². The SMILES string of the molecule is CC1=NSNC1/C(Br)=C\N=CBr. The molecule has 1 heterocycles. The summed E-state index contributed by atoms with van der Waals surface area (Å²) in [6, 6.07) is 0.159. The first-order valence-corrected chi connectivity index (χ1v) is 5.67. The van der Waals surface area contributed by atoms with E-state index in [4.69, 9.17) is 0 Å². The lowest BCUT2D eigenvalue weighted by Gasteiger charge is -2.06. The van der Waals surface area contributed by atoms with Gasteiger partial charge in [0.15, 0.2) is 0 Å². The van der Waals surface area contributed by atoms with Crippen LogP contribution in [0.1, 0.15) is 6.92 Å². The van der Waals surface area contributed by atoms with E-state index in [0.717, 1.165) is 10.2 Å². The molecule has 1 aliphatic heterocycles. The maximum Gasteiger partial charge on any atom is 0.0905 e. The van der Waals surface area contributed by atoms with E-state index in [0.29, 0.717) is 0 Å². The third-order valence-corrected chi connectivity index (χ3v) is 2.93. The lowest BCUT2D eigenvalue weighted by Crippen LogP contribution is -2.25. The van der Waals surface area contributed by atoms with Crippen molar-refractivity contribution in [3.8, 4) is 0 Å². The second-order valence-corrected chi connectivity index (χ2v) is 4.06. The fourth-order valence-electron chi connectivity index (χ4n) is 0.719. The quantitative estimate of drug-likeness (QED) is 0.628. The molecule has 0 radical (unpaired) electrons. The van der Waals surface area contributed by atoms with Gasteiger partial charge in [-0.1, -0.05) is 15.9 Å². The van der Waals surface area contributed by atoms with E-state index in [-0.39, 0.29) is 6.04 Å². The number of aliphatic imine (C=N–C) groups is 1. The molecule has 0 saturated carbocycles. The number of nitrogens with zero attached hydrogens (tertiary/aromatic N) is 2. The zero-order valence-electron chi connectivity index (χ0n) is 6.29. The van der Waals surface area contributed by atoms with Crippen LogP contribution in [0.15, 0.2) is 20.1 Å². The molecule has 12 heavy (non-hydrogen) atoms. The van der Waals surface area contributed by atoms with Gasteiger partial charge in [-0.3, -0.25) is 4.99 Å². The fourth-order valence-corrected chi connectivity index (χ4v) is 2.26. The molecule has 1 aliphatic rings. The number of hydrogen-bond donors (Lipinski definition) is 1. The van der Waals surface area contributed by atoms with Gasteiger partial charge in [0.2, 0.25) is 0 Å². The summed E-state index contributed by atoms with van der Waals surface area (Å²) in [5.41, 5.74) is 1.05. The van der Waals surface area contributed by atoms with Gasteiger partial charge in [0, 0.05) is 16.4 Å². The molecule has 0 aliphatic carbocycles. The Bertz CT molecular complexity index is 249. The Morgan fingerprint density at radius 2 is 2.58 bits per heavy atom. The molecule has 6 heteroatoms. The van der Waals surface area contributed by atoms with E-state index in [1.54, 1.807) is 11.3 Å². The van der Waals surface area contributed by atoms with Crippen molar-refractivity contribution in [2.24, 2.45) is 9.39 Å². The smallest absolute Gasteiger partial charge is 0.0905 e. The lowest BCUT2D eigenvalue weighted by molar-refractivity contribution is 0.989. The second-order valence-electron chi connectivity index (χ2n) is 2.14. The van der Waals surface area contributed by atoms with Crippen molar-refractivity contribution in [1.82, 2.24) is 4.72 Å². The minimum absolute atomic E-state index is 0.159. The molecular formula is C6H7Br2N3S. The Morgan fingerprint density at radius 3 is 3.08 bits per heavy atom. The van der Waals surface area contributed by atoms with Crippen LogP contribution in [0.5, 0.6) is 0 Å². The summed E-state index contributed by atoms with van der Waals surface area (Å²) in [4.78, 5) is 3.93. The summed E-state index contributed by atoms with van der Waals surface area (Å²) in [7, 11) is 0. The van der Waals surface area contributed by atoms with Crippen molar-refractivity contribution in [2.75, 3.05) is 0 Å². The van der Waals surface area contributed by atoms with Crippen LogP contribution in [0, 0.1) is 0 Å². The number of hydrogen-bond acceptors (Lipinski definition) is 4. The summed E-state index contributed by atoms with van der Waals surface area (Å²) in [6.45, 7) is 1.98. The Morgan fingerprint density at radius 1 is 1.83 bits per heavy atom. The average molecular weight is 313 g/mol. The minimum Gasteiger partial charge on any atom is -0.256 e. The van der Waals surface area contributed by atoms with E-state index in [1.807, 2.05) is 6.92 Å². The highest BCUT2D eigenvalue weighted by Crippen LogP contribution is 2.21. The first kappa shape index (κ1) is 10.4. The Kier molecular flexibility index (Phi) is 4.49. The fraction of sp³-hybridized carbons (Fsp3) is 0.333. The van der Waals surface area contributed by atoms with E-state index < -0.39 is 0 Å². The van der Waals surface area contributed by atoms with Crippen molar-refractivity contribution in [1.29, 1.82) is 0 Å². The molecule has 1 unspecified atom stereocenters. The van der Waals surface area contributed by atoms with Crippen LogP contribution in [0.3, 0.4) is 0 Å². The number of rotatable bonds is 2. The Balaban J connectivity index is 2.64. The van der Waals surface area contributed by atoms with Crippen molar-refractivity contribution in [2.45, 2.75) is 13.0 Å². The highest BCUT2D eigenvalue weighted by Gasteiger charge is 2.19. The van der Waals surface area contributed by atoms with Gasteiger partial charge in [0.1, 0.15) is 0 Å². The molecule has 0 aromatic heterocycles. The Labute approximate surface area is 92.3 Å². The summed E-state index contributed by atoms with van der Waals surface area (Å²) < 4.78 is 8.23. The van der Waals surface area contributed by atoms with Crippen LogP contribution in [0.25, 0.3) is 0 Å². The van der Waals surface area contributed by atoms with Gasteiger partial charge in [0.05, 0.1) is 23.3 Å². The van der Waals surface area contributed by atoms with Gasteiger partial charge in [0.25, 0.3) is 0 Å². The molecule has 3 nitrogen and oxygen atoms in total. The monoisotopic (exact) mass is 311 g/mol. The summed E-state index contributed by atoms with van der Waals surface area (Å²) in [6.07, 6.45) is 1.73. The van der Waals surface area contributed by atoms with E-state index in [2.05, 4.69) is 46.0 Å². The van der Waals surface area contributed by atoms with E-state index >= 15 is 0 Å². The molecule has 1 rings (SSSR count). The zero-order chi connectivity index (χ0) is 8.97. The van der Waals surface area contributed by atoms with Gasteiger partial charge in [-0.05, 0) is 22.9 Å². The Hall–Kier alpha value is 0.350. The standard InChI is InChI=1S/C6H7Br2N3S/c1-4-6(11-12-10-4)5(8)2-9-3-7/h2-3,6,11H,1H3/b5-2+,9-3?. The van der Waals surface area contributed by atoms with Gasteiger partial charge < -0.3 is 0 Å². The predicted molar refractivity (Wildman–Crippen MR) is 62.1 cm³/mol. The van der Waals surface area contributed by atoms with Crippen LogP contribution in [-0.2, 0) is 0 Å². The highest BCUT2D eigenvalue weighted by atomic mass is 79.9. The third-order valence-electron chi connectivity index (χ3n) is 1.31. The predicted octanol–water partition coefficient (Wildman–Crippen LogP) is 2.64. The summed E-state index contributed by atoms with van der Waals surface area (Å²) >= 11 is 7.86. The van der Waals surface area contributed by atoms with E-state index in [1.165, 1.54) is 12.1 Å². The molecule has 0 spiro atoms. The molecule has 1 atom stereocenters. The van der Waals surface area contributed by atoms with Gasteiger partial charge >= 0.3 is 0 Å². The minimum atomic E-state index is 0.159. The van der Waals surface area contributed by atoms with Gasteiger partial charge in [-0.25, -0.2) is 9.12 Å².